The predicted molar refractivity (Wildman–Crippen MR) is 236 cm³/mol. The van der Waals surface area contributed by atoms with Crippen molar-refractivity contribution in [2.75, 3.05) is 46.2 Å². The number of phenolic OH excluding ortho intramolecular Hbond substituents is 1. The number of amides is 3. The lowest BCUT2D eigenvalue weighted by molar-refractivity contribution is -0.137. The predicted octanol–water partition coefficient (Wildman–Crippen LogP) is 6.44. The van der Waals surface area contributed by atoms with Gasteiger partial charge in [-0.15, -0.1) is 5.10 Å². The minimum absolute atomic E-state index is 0.170. The number of hydrogen-bond acceptors (Lipinski definition) is 11. The summed E-state index contributed by atoms with van der Waals surface area (Å²) in [6, 6.07) is 28.8. The van der Waals surface area contributed by atoms with Crippen LogP contribution >= 0.6 is 0 Å². The van der Waals surface area contributed by atoms with Crippen LogP contribution in [-0.2, 0) is 48.2 Å². The zero-order chi connectivity index (χ0) is 44.0. The third kappa shape index (κ3) is 9.29. The summed E-state index contributed by atoms with van der Waals surface area (Å²) in [7, 11) is 0. The van der Waals surface area contributed by atoms with Gasteiger partial charge in [0.2, 0.25) is 11.8 Å². The molecular formula is C49H52N6O9. The molecule has 0 spiro atoms. The maximum atomic E-state index is 13.5. The van der Waals surface area contributed by atoms with Gasteiger partial charge in [0.25, 0.3) is 5.91 Å². The normalized spacial score (nSPS) is 18.2. The summed E-state index contributed by atoms with van der Waals surface area (Å²) in [5, 5.41) is 22.1. The lowest BCUT2D eigenvalue weighted by Gasteiger charge is -2.37. The summed E-state index contributed by atoms with van der Waals surface area (Å²) in [5.41, 5.74) is 8.79. The smallest absolute Gasteiger partial charge is 0.255 e. The van der Waals surface area contributed by atoms with E-state index in [0.29, 0.717) is 89.9 Å². The van der Waals surface area contributed by atoms with Crippen molar-refractivity contribution in [3.05, 3.63) is 131 Å². The van der Waals surface area contributed by atoms with Crippen molar-refractivity contribution in [2.45, 2.75) is 70.5 Å². The van der Waals surface area contributed by atoms with Crippen LogP contribution in [-0.4, -0.2) is 99.6 Å². The van der Waals surface area contributed by atoms with Crippen molar-refractivity contribution in [1.82, 2.24) is 29.8 Å². The van der Waals surface area contributed by atoms with Crippen LogP contribution in [0.1, 0.15) is 76.1 Å². The first-order valence-corrected chi connectivity index (χ1v) is 21.9. The van der Waals surface area contributed by atoms with Crippen molar-refractivity contribution in [3.63, 3.8) is 0 Å². The van der Waals surface area contributed by atoms with Crippen LogP contribution in [0.2, 0.25) is 0 Å². The summed E-state index contributed by atoms with van der Waals surface area (Å²) in [5.74, 6) is 0.158. The van der Waals surface area contributed by atoms with E-state index in [4.69, 9.17) is 23.7 Å². The second kappa shape index (κ2) is 19.6. The number of nitrogens with zero attached hydrogens (tertiary/aromatic N) is 5. The minimum Gasteiger partial charge on any atom is -0.508 e. The van der Waals surface area contributed by atoms with Crippen LogP contribution in [0.15, 0.2) is 97.2 Å². The first-order chi connectivity index (χ1) is 31.3. The summed E-state index contributed by atoms with van der Waals surface area (Å²) >= 11 is 0. The molecule has 4 aromatic carbocycles. The molecule has 2 N–H and O–H groups in total. The number of benzene rings is 4. The Morgan fingerprint density at radius 1 is 0.797 bits per heavy atom. The number of aromatic hydroxyl groups is 1. The first kappa shape index (κ1) is 42.9. The van der Waals surface area contributed by atoms with Crippen molar-refractivity contribution in [3.8, 4) is 22.8 Å². The molecule has 1 aliphatic carbocycles. The SMILES string of the molecule is Cc1c(-c2ccccc2)n(Cc2ccc(OCCOCCOCCOCCn3cc(COC4CCC5c6c(cccc64)C(=O)N5C4CCC(=O)NC4=O)nn3)cc2)c2ccc(O)cc12. The molecule has 2 aromatic heterocycles. The molecule has 1 saturated heterocycles. The van der Waals surface area contributed by atoms with Crippen molar-refractivity contribution in [1.29, 1.82) is 0 Å². The number of aryl methyl sites for hydroxylation is 1. The molecule has 1 fully saturated rings. The quantitative estimate of drug-likeness (QED) is 0.0640. The Kier molecular flexibility index (Phi) is 13.1. The van der Waals surface area contributed by atoms with E-state index in [1.807, 2.05) is 66.9 Å². The number of nitrogens with one attached hydrogen (secondary N) is 1. The van der Waals surface area contributed by atoms with Crippen LogP contribution < -0.4 is 10.1 Å². The maximum absolute atomic E-state index is 13.5. The van der Waals surface area contributed by atoms with Crippen molar-refractivity contribution >= 4 is 28.6 Å². The number of aromatic nitrogens is 4. The molecule has 9 rings (SSSR count). The second-order valence-corrected chi connectivity index (χ2v) is 16.3. The molecule has 3 unspecified atom stereocenters. The highest BCUT2D eigenvalue weighted by atomic mass is 16.6. The number of carbonyl (C=O) groups excluding carboxylic acids is 3. The zero-order valence-electron chi connectivity index (χ0n) is 35.8. The van der Waals surface area contributed by atoms with Gasteiger partial charge in [0.1, 0.15) is 29.8 Å². The van der Waals surface area contributed by atoms with E-state index in [1.54, 1.807) is 15.6 Å². The molecule has 0 saturated carbocycles. The van der Waals surface area contributed by atoms with E-state index in [9.17, 15) is 19.5 Å². The summed E-state index contributed by atoms with van der Waals surface area (Å²) < 4.78 is 33.4. The number of phenols is 1. The molecule has 3 amide bonds. The van der Waals surface area contributed by atoms with Gasteiger partial charge in [-0.2, -0.15) is 0 Å². The Hall–Kier alpha value is -6.39. The molecule has 0 bridgehead atoms. The summed E-state index contributed by atoms with van der Waals surface area (Å²) in [6.07, 6.45) is 3.51. The highest BCUT2D eigenvalue weighted by Crippen LogP contribution is 2.49. The van der Waals surface area contributed by atoms with E-state index in [1.165, 1.54) is 0 Å². The summed E-state index contributed by atoms with van der Waals surface area (Å²) in [6.45, 7) is 6.67. The van der Waals surface area contributed by atoms with E-state index >= 15 is 0 Å². The number of ether oxygens (including phenoxy) is 5. The fraction of sp³-hybridized carbons (Fsp3) is 0.367. The Morgan fingerprint density at radius 3 is 2.34 bits per heavy atom. The number of imide groups is 1. The van der Waals surface area contributed by atoms with E-state index in [0.717, 1.165) is 50.2 Å². The van der Waals surface area contributed by atoms with Gasteiger partial charge in [-0.25, -0.2) is 4.68 Å². The van der Waals surface area contributed by atoms with Crippen LogP contribution in [0.3, 0.4) is 0 Å². The Labute approximate surface area is 370 Å². The Balaban J connectivity index is 0.636. The topological polar surface area (TPSA) is 168 Å². The molecule has 0 radical (unpaired) electrons. The third-order valence-corrected chi connectivity index (χ3v) is 12.2. The Bertz CT molecular complexity index is 2610. The van der Waals surface area contributed by atoms with E-state index in [-0.39, 0.29) is 42.7 Å². The lowest BCUT2D eigenvalue weighted by atomic mass is 9.84. The van der Waals surface area contributed by atoms with Gasteiger partial charge in [-0.05, 0) is 90.4 Å². The zero-order valence-corrected chi connectivity index (χ0v) is 35.8. The molecule has 332 valence electrons. The standard InChI is InChI=1S/C49H52N6O9/c1-32-40-28-36(56)12-15-41(40)54(47(32)34-6-3-2-4-7-34)29-33-10-13-37(14-11-33)63-27-26-62-25-24-61-23-22-60-21-20-53-30-35(51-52-53)31-64-44-18-16-42-46-38(44)8-5-9-39(46)49(59)55(42)43-17-19-45(57)50-48(43)58/h2-15,28,30,42-44,56H,16-27,29,31H2,1H3,(H,50,57,58). The van der Waals surface area contributed by atoms with Gasteiger partial charge in [0.15, 0.2) is 0 Å². The molecule has 2 aliphatic heterocycles. The number of carbonyl (C=O) groups is 3. The van der Waals surface area contributed by atoms with Gasteiger partial charge < -0.3 is 38.3 Å². The molecule has 6 aromatic rings. The summed E-state index contributed by atoms with van der Waals surface area (Å²) in [4.78, 5) is 39.6. The molecule has 64 heavy (non-hydrogen) atoms. The van der Waals surface area contributed by atoms with E-state index < -0.39 is 11.9 Å². The van der Waals surface area contributed by atoms with Gasteiger partial charge in [0, 0.05) is 29.4 Å². The molecule has 15 heteroatoms. The fourth-order valence-electron chi connectivity index (χ4n) is 9.20. The molecule has 3 aliphatic rings. The fourth-order valence-corrected chi connectivity index (χ4v) is 9.20. The van der Waals surface area contributed by atoms with Crippen molar-refractivity contribution < 1.29 is 43.2 Å². The van der Waals surface area contributed by atoms with Crippen LogP contribution in [0.4, 0.5) is 0 Å². The first-order valence-electron chi connectivity index (χ1n) is 21.9. The van der Waals surface area contributed by atoms with Crippen molar-refractivity contribution in [2.24, 2.45) is 0 Å². The van der Waals surface area contributed by atoms with Crippen LogP contribution in [0.25, 0.3) is 22.2 Å². The molecule has 4 heterocycles. The maximum Gasteiger partial charge on any atom is 0.255 e. The van der Waals surface area contributed by atoms with Gasteiger partial charge in [0.05, 0.1) is 76.8 Å². The Morgan fingerprint density at radius 2 is 1.56 bits per heavy atom. The third-order valence-electron chi connectivity index (χ3n) is 12.2. The number of piperidine rings is 1. The number of hydrogen-bond donors (Lipinski definition) is 2. The molecule has 15 nitrogen and oxygen atoms in total. The minimum atomic E-state index is -0.655. The molecule has 3 atom stereocenters. The second-order valence-electron chi connectivity index (χ2n) is 16.3. The lowest BCUT2D eigenvalue weighted by Crippen LogP contribution is -2.53. The van der Waals surface area contributed by atoms with Crippen LogP contribution in [0.5, 0.6) is 11.5 Å². The van der Waals surface area contributed by atoms with E-state index in [2.05, 4.69) is 51.4 Å². The average molecular weight is 869 g/mol. The average Bonchev–Trinajstić information content (AvgIpc) is 3.96. The van der Waals surface area contributed by atoms with Gasteiger partial charge in [-0.3, -0.25) is 19.7 Å². The highest BCUT2D eigenvalue weighted by molar-refractivity contribution is 6.06. The highest BCUT2D eigenvalue weighted by Gasteiger charge is 2.48. The van der Waals surface area contributed by atoms with Gasteiger partial charge >= 0.3 is 0 Å². The molecular weight excluding hydrogens is 817 g/mol. The monoisotopic (exact) mass is 868 g/mol. The van der Waals surface area contributed by atoms with Gasteiger partial charge in [-0.1, -0.05) is 59.8 Å². The largest absolute Gasteiger partial charge is 0.508 e. The van der Waals surface area contributed by atoms with Crippen LogP contribution in [0, 0.1) is 6.92 Å². The number of fused-ring (bicyclic) bond motifs is 1. The number of rotatable bonds is 20.